The fourth-order valence-corrected chi connectivity index (χ4v) is 4.34. The molecule has 1 saturated heterocycles. The molecular weight excluding hydrogens is 316 g/mol. The highest BCUT2D eigenvalue weighted by atomic mass is 16.2. The van der Waals surface area contributed by atoms with Crippen molar-refractivity contribution in [1.82, 2.24) is 19.7 Å². The van der Waals surface area contributed by atoms with Crippen molar-refractivity contribution in [2.75, 3.05) is 18.8 Å². The fourth-order valence-electron chi connectivity index (χ4n) is 4.34. The molecule has 0 unspecified atom stereocenters. The summed E-state index contributed by atoms with van der Waals surface area (Å²) in [6.07, 6.45) is 5.75. The van der Waals surface area contributed by atoms with Crippen LogP contribution in [0.2, 0.25) is 0 Å². The summed E-state index contributed by atoms with van der Waals surface area (Å²) >= 11 is 0. The lowest BCUT2D eigenvalue weighted by molar-refractivity contribution is -0.138. The van der Waals surface area contributed by atoms with Gasteiger partial charge in [-0.3, -0.25) is 4.79 Å². The summed E-state index contributed by atoms with van der Waals surface area (Å²) in [4.78, 5) is 19.7. The molecule has 0 spiro atoms. The van der Waals surface area contributed by atoms with Gasteiger partial charge in [0.05, 0.1) is 10.9 Å². The molecule has 1 saturated carbocycles. The zero-order valence-corrected chi connectivity index (χ0v) is 14.7. The third-order valence-electron chi connectivity index (χ3n) is 5.79. The van der Waals surface area contributed by atoms with Gasteiger partial charge in [-0.2, -0.15) is 5.10 Å². The number of piperidine rings is 1. The molecule has 7 heteroatoms. The van der Waals surface area contributed by atoms with Crippen LogP contribution in [-0.2, 0) is 11.8 Å². The number of fused-ring (bicyclic) bond motifs is 1. The highest BCUT2D eigenvalue weighted by Gasteiger charge is 2.41. The van der Waals surface area contributed by atoms with E-state index in [4.69, 9.17) is 16.5 Å². The largest absolute Gasteiger partial charge is 0.382 e. The van der Waals surface area contributed by atoms with Crippen molar-refractivity contribution in [3.63, 3.8) is 0 Å². The van der Waals surface area contributed by atoms with Crippen LogP contribution in [0.4, 0.5) is 5.82 Å². The predicted octanol–water partition coefficient (Wildman–Crippen LogP) is 1.53. The monoisotopic (exact) mass is 342 g/mol. The van der Waals surface area contributed by atoms with Crippen molar-refractivity contribution in [3.05, 3.63) is 17.8 Å². The van der Waals surface area contributed by atoms with E-state index >= 15 is 0 Å². The van der Waals surface area contributed by atoms with Gasteiger partial charge >= 0.3 is 0 Å². The Morgan fingerprint density at radius 2 is 2.04 bits per heavy atom. The normalized spacial score (nSPS) is 23.3. The number of anilines is 1. The molecule has 3 heterocycles. The second-order valence-corrected chi connectivity index (χ2v) is 7.57. The van der Waals surface area contributed by atoms with Crippen LogP contribution in [0, 0.1) is 0 Å². The molecular formula is C18H26N6O. The van der Waals surface area contributed by atoms with Gasteiger partial charge in [-0.1, -0.05) is 12.8 Å². The molecule has 0 radical (unpaired) electrons. The summed E-state index contributed by atoms with van der Waals surface area (Å²) in [5.41, 5.74) is 13.5. The second kappa shape index (κ2) is 5.98. The molecule has 1 amide bonds. The van der Waals surface area contributed by atoms with Gasteiger partial charge in [-0.15, -0.1) is 0 Å². The van der Waals surface area contributed by atoms with E-state index in [0.717, 1.165) is 61.8 Å². The third-order valence-corrected chi connectivity index (χ3v) is 5.79. The number of nitrogens with zero attached hydrogens (tertiary/aromatic N) is 4. The maximum absolute atomic E-state index is 12.9. The van der Waals surface area contributed by atoms with Crippen molar-refractivity contribution in [1.29, 1.82) is 0 Å². The Balaban J connectivity index is 1.57. The van der Waals surface area contributed by atoms with Crippen LogP contribution in [0.3, 0.4) is 0 Å². The van der Waals surface area contributed by atoms with Gasteiger partial charge in [-0.05, 0) is 37.8 Å². The summed E-state index contributed by atoms with van der Waals surface area (Å²) in [6.45, 7) is 1.50. The molecule has 1 atom stereocenters. The minimum absolute atomic E-state index is 0.126. The lowest BCUT2D eigenvalue weighted by Crippen LogP contribution is -2.55. The summed E-state index contributed by atoms with van der Waals surface area (Å²) in [7, 11) is 1.85. The SMILES string of the molecule is Cn1nc(N)c2ccc([C@H]3CCCN(C(=O)C4(N)CCCC4)C3)nc21. The molecule has 0 bridgehead atoms. The average molecular weight is 342 g/mol. The quantitative estimate of drug-likeness (QED) is 0.861. The van der Waals surface area contributed by atoms with Crippen molar-refractivity contribution < 1.29 is 4.79 Å². The van der Waals surface area contributed by atoms with Gasteiger partial charge in [0.25, 0.3) is 0 Å². The van der Waals surface area contributed by atoms with E-state index in [0.29, 0.717) is 12.4 Å². The van der Waals surface area contributed by atoms with Gasteiger partial charge in [-0.25, -0.2) is 9.67 Å². The molecule has 4 N–H and O–H groups in total. The molecule has 0 aromatic carbocycles. The number of aromatic nitrogens is 3. The Labute approximate surface area is 147 Å². The standard InChI is InChI=1S/C18H26N6O/c1-23-16-13(15(19)22-23)6-7-14(21-16)12-5-4-10-24(11-12)17(25)18(20)8-2-3-9-18/h6-7,12H,2-5,8-11,20H2,1H3,(H2,19,22)/t12-/m0/s1. The molecule has 2 aromatic rings. The lowest BCUT2D eigenvalue weighted by atomic mass is 9.91. The van der Waals surface area contributed by atoms with Gasteiger partial charge in [0.1, 0.15) is 0 Å². The summed E-state index contributed by atoms with van der Waals surface area (Å²) in [5, 5.41) is 5.11. The van der Waals surface area contributed by atoms with E-state index in [1.54, 1.807) is 4.68 Å². The Kier molecular flexibility index (Phi) is 3.91. The number of carbonyl (C=O) groups excluding carboxylic acids is 1. The Bertz CT molecular complexity index is 807. The van der Waals surface area contributed by atoms with Crippen LogP contribution < -0.4 is 11.5 Å². The van der Waals surface area contributed by atoms with E-state index in [-0.39, 0.29) is 11.8 Å². The van der Waals surface area contributed by atoms with Crippen molar-refractivity contribution >= 4 is 22.8 Å². The minimum Gasteiger partial charge on any atom is -0.382 e. The molecule has 2 aliphatic rings. The summed E-state index contributed by atoms with van der Waals surface area (Å²) < 4.78 is 1.72. The average Bonchev–Trinajstić information content (AvgIpc) is 3.19. The molecule has 7 nitrogen and oxygen atoms in total. The van der Waals surface area contributed by atoms with Crippen molar-refractivity contribution in [3.8, 4) is 0 Å². The van der Waals surface area contributed by atoms with Gasteiger partial charge in [0.2, 0.25) is 5.91 Å². The van der Waals surface area contributed by atoms with Crippen molar-refractivity contribution in [2.45, 2.75) is 50.0 Å². The Hall–Kier alpha value is -2.15. The lowest BCUT2D eigenvalue weighted by Gasteiger charge is -2.37. The topological polar surface area (TPSA) is 103 Å². The highest BCUT2D eigenvalue weighted by molar-refractivity contribution is 5.87. The first-order valence-electron chi connectivity index (χ1n) is 9.15. The zero-order chi connectivity index (χ0) is 17.6. The molecule has 2 aromatic heterocycles. The van der Waals surface area contributed by atoms with Crippen LogP contribution in [0.25, 0.3) is 11.0 Å². The number of rotatable bonds is 2. The predicted molar refractivity (Wildman–Crippen MR) is 96.9 cm³/mol. The number of aryl methyl sites for hydroxylation is 1. The van der Waals surface area contributed by atoms with Crippen molar-refractivity contribution in [2.24, 2.45) is 12.8 Å². The third kappa shape index (κ3) is 2.76. The minimum atomic E-state index is -0.643. The van der Waals surface area contributed by atoms with Crippen LogP contribution in [0.5, 0.6) is 0 Å². The first-order valence-corrected chi connectivity index (χ1v) is 9.15. The number of pyridine rings is 1. The number of likely N-dealkylation sites (tertiary alicyclic amines) is 1. The molecule has 1 aliphatic heterocycles. The number of carbonyl (C=O) groups is 1. The fraction of sp³-hybridized carbons (Fsp3) is 0.611. The first-order chi connectivity index (χ1) is 12.0. The van der Waals surface area contributed by atoms with Crippen LogP contribution in [0.1, 0.15) is 50.1 Å². The highest BCUT2D eigenvalue weighted by Crippen LogP contribution is 2.33. The maximum Gasteiger partial charge on any atom is 0.242 e. The Morgan fingerprint density at radius 1 is 1.28 bits per heavy atom. The number of amides is 1. The molecule has 2 fully saturated rings. The molecule has 4 rings (SSSR count). The van der Waals surface area contributed by atoms with Crippen LogP contribution >= 0.6 is 0 Å². The van der Waals surface area contributed by atoms with E-state index < -0.39 is 5.54 Å². The van der Waals surface area contributed by atoms with E-state index in [1.165, 1.54) is 0 Å². The number of hydrogen-bond acceptors (Lipinski definition) is 5. The Morgan fingerprint density at radius 3 is 2.80 bits per heavy atom. The summed E-state index contributed by atoms with van der Waals surface area (Å²) in [5.74, 6) is 0.868. The summed E-state index contributed by atoms with van der Waals surface area (Å²) in [6, 6.07) is 4.01. The molecule has 25 heavy (non-hydrogen) atoms. The zero-order valence-electron chi connectivity index (χ0n) is 14.7. The van der Waals surface area contributed by atoms with E-state index in [9.17, 15) is 4.79 Å². The number of nitrogen functional groups attached to an aromatic ring is 1. The second-order valence-electron chi connectivity index (χ2n) is 7.57. The number of nitrogens with two attached hydrogens (primary N) is 2. The van der Waals surface area contributed by atoms with Gasteiger partial charge in [0, 0.05) is 31.7 Å². The van der Waals surface area contributed by atoms with Crippen LogP contribution in [-0.4, -0.2) is 44.2 Å². The van der Waals surface area contributed by atoms with E-state index in [1.807, 2.05) is 24.1 Å². The number of hydrogen-bond donors (Lipinski definition) is 2. The smallest absolute Gasteiger partial charge is 0.242 e. The molecule has 1 aliphatic carbocycles. The van der Waals surface area contributed by atoms with Gasteiger partial charge < -0.3 is 16.4 Å². The molecule has 134 valence electrons. The van der Waals surface area contributed by atoms with Gasteiger partial charge in [0.15, 0.2) is 11.5 Å². The van der Waals surface area contributed by atoms with Crippen LogP contribution in [0.15, 0.2) is 12.1 Å². The van der Waals surface area contributed by atoms with E-state index in [2.05, 4.69) is 5.10 Å². The maximum atomic E-state index is 12.9. The first kappa shape index (κ1) is 16.3.